The summed E-state index contributed by atoms with van der Waals surface area (Å²) >= 11 is 0. The van der Waals surface area contributed by atoms with Gasteiger partial charge in [-0.1, -0.05) is 30.3 Å². The van der Waals surface area contributed by atoms with E-state index in [1.54, 1.807) is 6.92 Å². The summed E-state index contributed by atoms with van der Waals surface area (Å²) in [4.78, 5) is 29.5. The van der Waals surface area contributed by atoms with Gasteiger partial charge in [0.2, 0.25) is 5.78 Å². The van der Waals surface area contributed by atoms with Crippen molar-refractivity contribution in [3.8, 4) is 0 Å². The summed E-state index contributed by atoms with van der Waals surface area (Å²) in [5.41, 5.74) is 0.775. The summed E-state index contributed by atoms with van der Waals surface area (Å²) in [6.45, 7) is 2.57. The van der Waals surface area contributed by atoms with E-state index < -0.39 is 11.8 Å². The van der Waals surface area contributed by atoms with Gasteiger partial charge in [-0.25, -0.2) is 4.79 Å². The first-order valence-corrected chi connectivity index (χ1v) is 4.25. The van der Waals surface area contributed by atoms with E-state index in [1.165, 1.54) is 0 Å². The maximum atomic E-state index is 10.6. The Morgan fingerprint density at radius 3 is 1.60 bits per heavy atom. The minimum absolute atomic E-state index is 0.121. The van der Waals surface area contributed by atoms with Crippen LogP contribution < -0.4 is 0 Å². The van der Waals surface area contributed by atoms with Crippen LogP contribution in [0.5, 0.6) is 0 Å². The van der Waals surface area contributed by atoms with Crippen molar-refractivity contribution in [2.75, 3.05) is 0 Å². The molecule has 0 radical (unpaired) electrons. The summed E-state index contributed by atoms with van der Waals surface area (Å²) in [7, 11) is 0. The Labute approximate surface area is 87.5 Å². The van der Waals surface area contributed by atoms with Crippen molar-refractivity contribution in [1.29, 1.82) is 0 Å². The van der Waals surface area contributed by atoms with Gasteiger partial charge in [-0.15, -0.1) is 0 Å². The number of benzene rings is 1. The molecule has 0 aliphatic heterocycles. The van der Waals surface area contributed by atoms with E-state index in [1.807, 2.05) is 30.3 Å². The molecule has 0 amide bonds. The van der Waals surface area contributed by atoms with Crippen LogP contribution in [0, 0.1) is 0 Å². The number of hydrogen-bond donors (Lipinski definition) is 1. The highest BCUT2D eigenvalue weighted by molar-refractivity contribution is 6.31. The molecule has 15 heavy (non-hydrogen) atoms. The minimum atomic E-state index is -1.38. The van der Waals surface area contributed by atoms with Gasteiger partial charge >= 0.3 is 5.97 Å². The second kappa shape index (κ2) is 6.48. The molecule has 4 nitrogen and oxygen atoms in total. The summed E-state index contributed by atoms with van der Waals surface area (Å²) in [6.07, 6.45) is 0. The monoisotopic (exact) mass is 208 g/mol. The maximum absolute atomic E-state index is 10.6. The molecule has 1 aromatic carbocycles. The van der Waals surface area contributed by atoms with E-state index in [9.17, 15) is 14.4 Å². The quantitative estimate of drug-likeness (QED) is 0.591. The Balaban J connectivity index is 0.000000288. The van der Waals surface area contributed by atoms with E-state index in [4.69, 9.17) is 5.11 Å². The molecule has 1 N–H and O–H groups in total. The number of Topliss-reactive ketones (excluding diaryl/α,β-unsaturated/α-hetero) is 2. The Bertz CT molecular complexity index is 342. The number of rotatable bonds is 2. The molecule has 0 atom stereocenters. The van der Waals surface area contributed by atoms with Crippen LogP contribution in [0.1, 0.15) is 24.2 Å². The molecule has 0 aliphatic carbocycles. The average molecular weight is 208 g/mol. The molecule has 0 heterocycles. The summed E-state index contributed by atoms with van der Waals surface area (Å²) in [6, 6.07) is 9.23. The fraction of sp³-hybridized carbons (Fsp3) is 0.182. The van der Waals surface area contributed by atoms with Gasteiger partial charge in [-0.05, 0) is 6.92 Å². The van der Waals surface area contributed by atoms with Gasteiger partial charge in [0, 0.05) is 12.5 Å². The Hall–Kier alpha value is -1.97. The van der Waals surface area contributed by atoms with Crippen molar-refractivity contribution in [1.82, 2.24) is 0 Å². The lowest BCUT2D eigenvalue weighted by Crippen LogP contribution is -2.05. The average Bonchev–Trinajstić information content (AvgIpc) is 2.20. The lowest BCUT2D eigenvalue weighted by atomic mass is 10.2. The second-order valence-electron chi connectivity index (χ2n) is 2.78. The molecule has 80 valence electrons. The molecule has 1 aromatic rings. The number of carboxylic acid groups (broad SMARTS) is 1. The number of aliphatic carboxylic acids is 1. The predicted octanol–water partition coefficient (Wildman–Crippen LogP) is 1.55. The van der Waals surface area contributed by atoms with Crippen molar-refractivity contribution < 1.29 is 19.5 Å². The smallest absolute Gasteiger partial charge is 0.371 e. The maximum Gasteiger partial charge on any atom is 0.371 e. The zero-order valence-corrected chi connectivity index (χ0v) is 8.56. The largest absolute Gasteiger partial charge is 0.476 e. The van der Waals surface area contributed by atoms with Gasteiger partial charge in [-0.2, -0.15) is 0 Å². The molecular formula is C11H12O4. The van der Waals surface area contributed by atoms with Gasteiger partial charge in [-0.3, -0.25) is 9.59 Å². The van der Waals surface area contributed by atoms with E-state index in [2.05, 4.69) is 0 Å². The molecule has 4 heteroatoms. The van der Waals surface area contributed by atoms with E-state index in [0.717, 1.165) is 12.5 Å². The molecule has 0 fully saturated rings. The van der Waals surface area contributed by atoms with Crippen LogP contribution in [-0.2, 0) is 9.59 Å². The highest BCUT2D eigenvalue weighted by atomic mass is 16.4. The van der Waals surface area contributed by atoms with Crippen LogP contribution in [0.3, 0.4) is 0 Å². The zero-order valence-electron chi connectivity index (χ0n) is 8.56. The van der Waals surface area contributed by atoms with Gasteiger partial charge in [0.15, 0.2) is 5.78 Å². The van der Waals surface area contributed by atoms with Crippen molar-refractivity contribution in [3.63, 3.8) is 0 Å². The lowest BCUT2D eigenvalue weighted by molar-refractivity contribution is -0.148. The normalized spacial score (nSPS) is 8.40. The van der Waals surface area contributed by atoms with Crippen molar-refractivity contribution >= 4 is 17.5 Å². The predicted molar refractivity (Wildman–Crippen MR) is 54.8 cm³/mol. The third kappa shape index (κ3) is 6.15. The number of ketones is 2. The number of hydrogen-bond acceptors (Lipinski definition) is 3. The zero-order chi connectivity index (χ0) is 11.8. The topological polar surface area (TPSA) is 71.4 Å². The number of carbonyl (C=O) groups is 3. The summed E-state index contributed by atoms with van der Waals surface area (Å²) < 4.78 is 0. The first kappa shape index (κ1) is 13.0. The molecule has 0 aromatic heterocycles. The van der Waals surface area contributed by atoms with E-state index >= 15 is 0 Å². The molecule has 1 rings (SSSR count). The molecular weight excluding hydrogens is 196 g/mol. The first-order chi connectivity index (χ1) is 6.95. The number of carboxylic acids is 1. The van der Waals surface area contributed by atoms with E-state index in [0.29, 0.717) is 0 Å². The minimum Gasteiger partial charge on any atom is -0.476 e. The molecule has 0 spiro atoms. The second-order valence-corrected chi connectivity index (χ2v) is 2.78. The third-order valence-corrected chi connectivity index (χ3v) is 1.48. The molecule has 0 aliphatic rings. The van der Waals surface area contributed by atoms with Crippen LogP contribution >= 0.6 is 0 Å². The van der Waals surface area contributed by atoms with Crippen LogP contribution in [0.4, 0.5) is 0 Å². The van der Waals surface area contributed by atoms with Crippen molar-refractivity contribution in [3.05, 3.63) is 35.9 Å². The summed E-state index contributed by atoms with van der Waals surface area (Å²) in [5, 5.41) is 7.64. The van der Waals surface area contributed by atoms with Gasteiger partial charge < -0.3 is 5.11 Å². The Morgan fingerprint density at radius 1 is 1.00 bits per heavy atom. The Morgan fingerprint density at radius 2 is 1.40 bits per heavy atom. The molecule has 0 saturated carbocycles. The molecule has 0 saturated heterocycles. The Kier molecular flexibility index (Phi) is 5.63. The van der Waals surface area contributed by atoms with E-state index in [-0.39, 0.29) is 5.78 Å². The van der Waals surface area contributed by atoms with Gasteiger partial charge in [0.1, 0.15) is 0 Å². The van der Waals surface area contributed by atoms with Gasteiger partial charge in [0.25, 0.3) is 0 Å². The fourth-order valence-corrected chi connectivity index (χ4v) is 0.673. The standard InChI is InChI=1S/C8H8O.C3H4O3/c1-7(9)8-5-3-2-4-6-8;1-2(4)3(5)6/h2-6H,1H3;1H3,(H,5,6). The SMILES string of the molecule is CC(=O)C(=O)O.CC(=O)c1ccccc1. The van der Waals surface area contributed by atoms with Crippen LogP contribution in [0.25, 0.3) is 0 Å². The van der Waals surface area contributed by atoms with Crippen molar-refractivity contribution in [2.24, 2.45) is 0 Å². The van der Waals surface area contributed by atoms with Crippen molar-refractivity contribution in [2.45, 2.75) is 13.8 Å². The number of carbonyl (C=O) groups excluding carboxylic acids is 2. The van der Waals surface area contributed by atoms with Gasteiger partial charge in [0.05, 0.1) is 0 Å². The highest BCUT2D eigenvalue weighted by Crippen LogP contribution is 1.97. The lowest BCUT2D eigenvalue weighted by Gasteiger charge is -1.89. The third-order valence-electron chi connectivity index (χ3n) is 1.48. The first-order valence-electron chi connectivity index (χ1n) is 4.25. The van der Waals surface area contributed by atoms with Crippen LogP contribution in [-0.4, -0.2) is 22.6 Å². The highest BCUT2D eigenvalue weighted by Gasteiger charge is 1.99. The fourth-order valence-electron chi connectivity index (χ4n) is 0.673. The van der Waals surface area contributed by atoms with Crippen LogP contribution in [0.15, 0.2) is 30.3 Å². The molecule has 0 unspecified atom stereocenters. The van der Waals surface area contributed by atoms with Crippen LogP contribution in [0.2, 0.25) is 0 Å². The summed E-state index contributed by atoms with van der Waals surface area (Å²) in [5.74, 6) is -2.08. The molecule has 0 bridgehead atoms.